The van der Waals surface area contributed by atoms with Crippen molar-refractivity contribution in [3.8, 4) is 0 Å². The molecule has 0 fully saturated rings. The highest BCUT2D eigenvalue weighted by molar-refractivity contribution is 7.89. The number of rotatable bonds is 4. The summed E-state index contributed by atoms with van der Waals surface area (Å²) in [6, 6.07) is 0. The van der Waals surface area contributed by atoms with E-state index in [-0.39, 0.29) is 6.92 Å². The van der Waals surface area contributed by atoms with Crippen molar-refractivity contribution in [1.82, 2.24) is 4.72 Å². The van der Waals surface area contributed by atoms with E-state index in [2.05, 4.69) is 0 Å². The molecule has 0 aliphatic heterocycles. The standard InChI is InChI=1S/C6H10F3NO4S/c1-3-15(13,14)10-5(2,4(11)12)6(7,8)9/h10H,3H2,1-2H3,(H,11,12). The summed E-state index contributed by atoms with van der Waals surface area (Å²) in [4.78, 5) is 10.4. The Morgan fingerprint density at radius 1 is 1.40 bits per heavy atom. The number of halogens is 3. The van der Waals surface area contributed by atoms with Gasteiger partial charge in [-0.25, -0.2) is 13.2 Å². The first-order chi connectivity index (χ1) is 6.46. The highest BCUT2D eigenvalue weighted by atomic mass is 32.2. The van der Waals surface area contributed by atoms with Crippen molar-refractivity contribution >= 4 is 16.0 Å². The van der Waals surface area contributed by atoms with Gasteiger partial charge >= 0.3 is 12.1 Å². The van der Waals surface area contributed by atoms with Crippen LogP contribution >= 0.6 is 0 Å². The number of alkyl halides is 3. The summed E-state index contributed by atoms with van der Waals surface area (Å²) in [5, 5.41) is 8.38. The molecule has 2 N–H and O–H groups in total. The molecule has 0 radical (unpaired) electrons. The summed E-state index contributed by atoms with van der Waals surface area (Å²) in [7, 11) is -4.26. The number of nitrogens with one attached hydrogen (secondary N) is 1. The predicted molar refractivity (Wildman–Crippen MR) is 44.7 cm³/mol. The lowest BCUT2D eigenvalue weighted by molar-refractivity contribution is -0.201. The van der Waals surface area contributed by atoms with Gasteiger partial charge in [-0.1, -0.05) is 0 Å². The molecule has 0 rings (SSSR count). The first-order valence-corrected chi connectivity index (χ1v) is 5.43. The molecule has 0 saturated heterocycles. The number of sulfonamides is 1. The molecule has 0 spiro atoms. The molecular weight excluding hydrogens is 239 g/mol. The second-order valence-corrected chi connectivity index (χ2v) is 4.94. The average Bonchev–Trinajstić information content (AvgIpc) is 2.01. The zero-order valence-electron chi connectivity index (χ0n) is 7.92. The zero-order valence-corrected chi connectivity index (χ0v) is 8.74. The molecule has 9 heteroatoms. The van der Waals surface area contributed by atoms with E-state index in [9.17, 15) is 26.4 Å². The maximum absolute atomic E-state index is 12.3. The largest absolute Gasteiger partial charge is 0.480 e. The fraction of sp³-hybridized carbons (Fsp3) is 0.833. The normalized spacial score (nSPS) is 17.1. The number of carboxylic acid groups (broad SMARTS) is 1. The van der Waals surface area contributed by atoms with E-state index >= 15 is 0 Å². The highest BCUT2D eigenvalue weighted by Crippen LogP contribution is 2.30. The topological polar surface area (TPSA) is 83.5 Å². The van der Waals surface area contributed by atoms with Crippen LogP contribution in [0.2, 0.25) is 0 Å². The second-order valence-electron chi connectivity index (χ2n) is 2.93. The third kappa shape index (κ3) is 3.06. The number of hydrogen-bond donors (Lipinski definition) is 2. The Hall–Kier alpha value is -0.830. The predicted octanol–water partition coefficient (Wildman–Crippen LogP) is 0.331. The summed E-state index contributed by atoms with van der Waals surface area (Å²) in [5.74, 6) is -2.93. The molecule has 0 aromatic carbocycles. The van der Waals surface area contributed by atoms with E-state index < -0.39 is 33.5 Å². The smallest absolute Gasteiger partial charge is 0.418 e. The maximum atomic E-state index is 12.3. The third-order valence-corrected chi connectivity index (χ3v) is 3.21. The molecule has 90 valence electrons. The van der Waals surface area contributed by atoms with E-state index in [1.807, 2.05) is 0 Å². The molecule has 0 aliphatic rings. The van der Waals surface area contributed by atoms with Gasteiger partial charge in [-0.05, 0) is 13.8 Å². The van der Waals surface area contributed by atoms with Gasteiger partial charge in [0.2, 0.25) is 15.6 Å². The Bertz CT molecular complexity index is 350. The third-order valence-electron chi connectivity index (χ3n) is 1.73. The van der Waals surface area contributed by atoms with Crippen LogP contribution in [0.4, 0.5) is 13.2 Å². The van der Waals surface area contributed by atoms with Crippen molar-refractivity contribution in [2.24, 2.45) is 0 Å². The molecule has 15 heavy (non-hydrogen) atoms. The van der Waals surface area contributed by atoms with Gasteiger partial charge in [0.15, 0.2) is 0 Å². The summed E-state index contributed by atoms with van der Waals surface area (Å²) >= 11 is 0. The van der Waals surface area contributed by atoms with Crippen molar-refractivity contribution in [2.45, 2.75) is 25.6 Å². The molecular formula is C6H10F3NO4S. The van der Waals surface area contributed by atoms with Crippen LogP contribution in [0.25, 0.3) is 0 Å². The van der Waals surface area contributed by atoms with Crippen LogP contribution in [0.5, 0.6) is 0 Å². The monoisotopic (exact) mass is 249 g/mol. The average molecular weight is 249 g/mol. The van der Waals surface area contributed by atoms with Crippen LogP contribution in [0.3, 0.4) is 0 Å². The molecule has 0 heterocycles. The summed E-state index contributed by atoms with van der Waals surface area (Å²) in [6.07, 6.45) is -5.21. The van der Waals surface area contributed by atoms with Crippen molar-refractivity contribution in [3.63, 3.8) is 0 Å². The number of carbonyl (C=O) groups is 1. The first-order valence-electron chi connectivity index (χ1n) is 3.78. The Labute approximate surface area is 84.3 Å². The fourth-order valence-corrected chi connectivity index (χ4v) is 1.58. The zero-order chi connectivity index (χ0) is 12.5. The van der Waals surface area contributed by atoms with Gasteiger partial charge in [0.05, 0.1) is 5.75 Å². The SMILES string of the molecule is CCS(=O)(=O)NC(C)(C(=O)O)C(F)(F)F. The van der Waals surface area contributed by atoms with Gasteiger partial charge < -0.3 is 5.11 Å². The van der Waals surface area contributed by atoms with Crippen molar-refractivity contribution in [3.05, 3.63) is 0 Å². The molecule has 1 unspecified atom stereocenters. The van der Waals surface area contributed by atoms with Crippen molar-refractivity contribution in [2.75, 3.05) is 5.75 Å². The molecule has 0 aromatic heterocycles. The lowest BCUT2D eigenvalue weighted by Gasteiger charge is -2.27. The molecule has 0 aliphatic carbocycles. The van der Waals surface area contributed by atoms with Gasteiger partial charge in [-0.3, -0.25) is 0 Å². The quantitative estimate of drug-likeness (QED) is 0.752. The van der Waals surface area contributed by atoms with E-state index in [1.54, 1.807) is 0 Å². The second kappa shape index (κ2) is 3.97. The number of aliphatic carboxylic acids is 1. The van der Waals surface area contributed by atoms with E-state index in [0.29, 0.717) is 0 Å². The van der Waals surface area contributed by atoms with Crippen molar-refractivity contribution in [1.29, 1.82) is 0 Å². The van der Waals surface area contributed by atoms with Crippen LogP contribution in [-0.4, -0.2) is 37.0 Å². The van der Waals surface area contributed by atoms with Gasteiger partial charge in [-0.15, -0.1) is 0 Å². The first kappa shape index (κ1) is 14.2. The van der Waals surface area contributed by atoms with Gasteiger partial charge in [0, 0.05) is 0 Å². The summed E-state index contributed by atoms with van der Waals surface area (Å²) in [5.41, 5.74) is -3.50. The molecule has 0 bridgehead atoms. The Balaban J connectivity index is 5.28. The Morgan fingerprint density at radius 3 is 2.00 bits per heavy atom. The number of carboxylic acids is 1. The lowest BCUT2D eigenvalue weighted by atomic mass is 10.0. The van der Waals surface area contributed by atoms with Crippen LogP contribution in [0.15, 0.2) is 0 Å². The van der Waals surface area contributed by atoms with Crippen molar-refractivity contribution < 1.29 is 31.5 Å². The summed E-state index contributed by atoms with van der Waals surface area (Å²) in [6.45, 7) is 1.35. The maximum Gasteiger partial charge on any atom is 0.418 e. The highest BCUT2D eigenvalue weighted by Gasteiger charge is 2.59. The minimum Gasteiger partial charge on any atom is -0.480 e. The minimum absolute atomic E-state index is 0.253. The van der Waals surface area contributed by atoms with Gasteiger partial charge in [0.1, 0.15) is 0 Å². The molecule has 5 nitrogen and oxygen atoms in total. The minimum atomic E-state index is -5.21. The number of hydrogen-bond acceptors (Lipinski definition) is 3. The van der Waals surface area contributed by atoms with Gasteiger partial charge in [-0.2, -0.15) is 17.9 Å². The molecule has 1 atom stereocenters. The van der Waals surface area contributed by atoms with E-state index in [0.717, 1.165) is 11.6 Å². The Morgan fingerprint density at radius 2 is 1.80 bits per heavy atom. The fourth-order valence-electron chi connectivity index (χ4n) is 0.606. The summed E-state index contributed by atoms with van der Waals surface area (Å²) < 4.78 is 59.8. The van der Waals surface area contributed by atoms with Crippen LogP contribution < -0.4 is 4.72 Å². The van der Waals surface area contributed by atoms with Gasteiger partial charge in [0.25, 0.3) is 0 Å². The lowest BCUT2D eigenvalue weighted by Crippen LogP contribution is -2.62. The van der Waals surface area contributed by atoms with Crippen LogP contribution in [0, 0.1) is 0 Å². The molecule has 0 amide bonds. The van der Waals surface area contributed by atoms with E-state index in [4.69, 9.17) is 5.11 Å². The van der Waals surface area contributed by atoms with E-state index in [1.165, 1.54) is 0 Å². The van der Waals surface area contributed by atoms with Crippen LogP contribution in [-0.2, 0) is 14.8 Å². The molecule has 0 aromatic rings. The van der Waals surface area contributed by atoms with Crippen LogP contribution in [0.1, 0.15) is 13.8 Å². The molecule has 0 saturated carbocycles. The Kier molecular flexibility index (Phi) is 3.75.